The normalized spacial score (nSPS) is 19.4. The molecule has 1 amide bonds. The highest BCUT2D eigenvalue weighted by atomic mass is 19.2. The first-order chi connectivity index (χ1) is 13.8. The molecule has 1 fully saturated rings. The highest BCUT2D eigenvalue weighted by Gasteiger charge is 2.25. The van der Waals surface area contributed by atoms with E-state index in [1.165, 1.54) is 18.2 Å². The van der Waals surface area contributed by atoms with Gasteiger partial charge in [0, 0.05) is 24.1 Å². The summed E-state index contributed by atoms with van der Waals surface area (Å²) >= 11 is 0. The minimum absolute atomic E-state index is 0.0242. The van der Waals surface area contributed by atoms with E-state index in [-0.39, 0.29) is 35.6 Å². The lowest BCUT2D eigenvalue weighted by molar-refractivity contribution is 0.0975. The number of hydrogen-bond acceptors (Lipinski definition) is 4. The van der Waals surface area contributed by atoms with Crippen molar-refractivity contribution in [3.05, 3.63) is 71.0 Å². The summed E-state index contributed by atoms with van der Waals surface area (Å²) in [6.45, 7) is 3.75. The summed E-state index contributed by atoms with van der Waals surface area (Å²) in [6, 6.07) is 8.98. The summed E-state index contributed by atoms with van der Waals surface area (Å²) < 4.78 is 39.6. The molecule has 2 unspecified atom stereocenters. The molecule has 9 heteroatoms. The number of carbonyl (C=O) groups is 1. The maximum Gasteiger partial charge on any atom is 0.258 e. The topological polar surface area (TPSA) is 77.6 Å². The van der Waals surface area contributed by atoms with Crippen LogP contribution in [0.1, 0.15) is 42.2 Å². The van der Waals surface area contributed by atoms with Crippen molar-refractivity contribution in [2.45, 2.75) is 38.5 Å². The fourth-order valence-electron chi connectivity index (χ4n) is 2.89. The lowest BCUT2D eigenvalue weighted by atomic mass is 10.0. The molecule has 0 radical (unpaired) electrons. The largest absolute Gasteiger partial charge is 0.354 e. The first kappa shape index (κ1) is 20.8. The van der Waals surface area contributed by atoms with E-state index in [0.717, 1.165) is 17.7 Å². The maximum absolute atomic E-state index is 13.4. The van der Waals surface area contributed by atoms with Gasteiger partial charge in [-0.15, -0.1) is 0 Å². The lowest BCUT2D eigenvalue weighted by Crippen LogP contribution is -2.45. The smallest absolute Gasteiger partial charge is 0.258 e. The Morgan fingerprint density at radius 2 is 1.79 bits per heavy atom. The molecular weight excluding hydrogens is 383 g/mol. The zero-order valence-electron chi connectivity index (χ0n) is 16.0. The predicted molar refractivity (Wildman–Crippen MR) is 103 cm³/mol. The average molecular weight is 405 g/mol. The van der Waals surface area contributed by atoms with E-state index < -0.39 is 17.5 Å². The molecule has 6 nitrogen and oxygen atoms in total. The van der Waals surface area contributed by atoms with Gasteiger partial charge in [0.25, 0.3) is 5.91 Å². The van der Waals surface area contributed by atoms with Gasteiger partial charge >= 0.3 is 0 Å². The van der Waals surface area contributed by atoms with Gasteiger partial charge in [-0.2, -0.15) is 0 Å². The van der Waals surface area contributed by atoms with Crippen LogP contribution < -0.4 is 21.5 Å². The predicted octanol–water partition coefficient (Wildman–Crippen LogP) is 2.75. The van der Waals surface area contributed by atoms with E-state index in [1.807, 2.05) is 13.8 Å². The third kappa shape index (κ3) is 5.55. The molecular formula is C20H22F3N5O. The summed E-state index contributed by atoms with van der Waals surface area (Å²) in [7, 11) is 0. The van der Waals surface area contributed by atoms with Gasteiger partial charge in [-0.1, -0.05) is 12.1 Å². The van der Waals surface area contributed by atoms with E-state index in [2.05, 4.69) is 26.5 Å². The number of aliphatic imine (C=N–C) groups is 1. The minimum atomic E-state index is -1.10. The highest BCUT2D eigenvalue weighted by Crippen LogP contribution is 2.22. The average Bonchev–Trinajstić information content (AvgIpc) is 3.12. The maximum atomic E-state index is 13.4. The molecule has 3 rings (SSSR count). The molecule has 1 saturated heterocycles. The van der Waals surface area contributed by atoms with Crippen molar-refractivity contribution >= 4 is 11.9 Å². The number of guanidine groups is 1. The third-order valence-corrected chi connectivity index (χ3v) is 4.28. The number of amides is 1. The molecule has 2 atom stereocenters. The van der Waals surface area contributed by atoms with E-state index >= 15 is 0 Å². The van der Waals surface area contributed by atoms with Gasteiger partial charge in [-0.05, 0) is 49.7 Å². The van der Waals surface area contributed by atoms with Gasteiger partial charge < -0.3 is 5.32 Å². The van der Waals surface area contributed by atoms with Crippen molar-refractivity contribution in [2.24, 2.45) is 4.99 Å². The Morgan fingerprint density at radius 1 is 1.07 bits per heavy atom. The minimum Gasteiger partial charge on any atom is -0.354 e. The molecule has 0 aromatic heterocycles. The molecule has 0 bridgehead atoms. The van der Waals surface area contributed by atoms with Gasteiger partial charge in [0.2, 0.25) is 0 Å². The highest BCUT2D eigenvalue weighted by molar-refractivity contribution is 6.05. The Kier molecular flexibility index (Phi) is 6.50. The van der Waals surface area contributed by atoms with Crippen LogP contribution in [-0.4, -0.2) is 24.1 Å². The second kappa shape index (κ2) is 9.06. The standard InChI is InChI=1S/C20H22F3N5O/c1-11(2)24-20(26-19(29)13-5-8-15(22)16(23)9-13)25-18-10-17(27-28-18)12-3-6-14(21)7-4-12/h3-9,11,17-18,27-28H,10H2,1-2H3,(H2,24,25,26,29). The van der Waals surface area contributed by atoms with Crippen LogP contribution in [0.25, 0.3) is 0 Å². The van der Waals surface area contributed by atoms with E-state index in [1.54, 1.807) is 12.1 Å². The number of nitrogens with zero attached hydrogens (tertiary/aromatic N) is 1. The van der Waals surface area contributed by atoms with Crippen LogP contribution in [0.4, 0.5) is 13.2 Å². The van der Waals surface area contributed by atoms with Crippen LogP contribution >= 0.6 is 0 Å². The molecule has 154 valence electrons. The molecule has 1 aliphatic heterocycles. The van der Waals surface area contributed by atoms with Crippen LogP contribution in [-0.2, 0) is 0 Å². The Hall–Kier alpha value is -2.91. The number of benzene rings is 2. The van der Waals surface area contributed by atoms with Gasteiger partial charge in [-0.25, -0.2) is 29.0 Å². The summed E-state index contributed by atoms with van der Waals surface area (Å²) in [5.74, 6) is -2.84. The number of halogens is 3. The molecule has 0 spiro atoms. The first-order valence-electron chi connectivity index (χ1n) is 9.19. The summed E-state index contributed by atoms with van der Waals surface area (Å²) in [5.41, 5.74) is 6.99. The van der Waals surface area contributed by atoms with Crippen LogP contribution in [0.3, 0.4) is 0 Å². The summed E-state index contributed by atoms with van der Waals surface area (Å²) in [4.78, 5) is 16.9. The quantitative estimate of drug-likeness (QED) is 0.466. The van der Waals surface area contributed by atoms with Crippen molar-refractivity contribution in [3.8, 4) is 0 Å². The zero-order valence-corrected chi connectivity index (χ0v) is 16.0. The number of rotatable bonds is 4. The van der Waals surface area contributed by atoms with E-state index in [4.69, 9.17) is 0 Å². The Balaban J connectivity index is 1.70. The fraction of sp³-hybridized carbons (Fsp3) is 0.300. The van der Waals surface area contributed by atoms with Crippen LogP contribution in [0.2, 0.25) is 0 Å². The second-order valence-corrected chi connectivity index (χ2v) is 7.00. The monoisotopic (exact) mass is 405 g/mol. The Bertz CT molecular complexity index is 901. The molecule has 1 aliphatic rings. The van der Waals surface area contributed by atoms with E-state index in [0.29, 0.717) is 6.42 Å². The van der Waals surface area contributed by atoms with Gasteiger partial charge in [0.15, 0.2) is 17.6 Å². The van der Waals surface area contributed by atoms with Crippen LogP contribution in [0, 0.1) is 17.5 Å². The number of carbonyl (C=O) groups excluding carboxylic acids is 1. The Morgan fingerprint density at radius 3 is 2.45 bits per heavy atom. The lowest BCUT2D eigenvalue weighted by Gasteiger charge is -2.16. The summed E-state index contributed by atoms with van der Waals surface area (Å²) in [6.07, 6.45) is 0.201. The molecule has 2 aromatic rings. The second-order valence-electron chi connectivity index (χ2n) is 7.00. The summed E-state index contributed by atoms with van der Waals surface area (Å²) in [5, 5.41) is 5.62. The molecule has 29 heavy (non-hydrogen) atoms. The molecule has 0 saturated carbocycles. The van der Waals surface area contributed by atoms with Crippen LogP contribution in [0.5, 0.6) is 0 Å². The van der Waals surface area contributed by atoms with Gasteiger partial charge in [-0.3, -0.25) is 10.1 Å². The van der Waals surface area contributed by atoms with Crippen molar-refractivity contribution in [1.82, 2.24) is 21.5 Å². The number of hydrazine groups is 1. The van der Waals surface area contributed by atoms with Crippen LogP contribution in [0.15, 0.2) is 47.5 Å². The van der Waals surface area contributed by atoms with Crippen molar-refractivity contribution in [1.29, 1.82) is 0 Å². The number of hydrogen-bond donors (Lipinski definition) is 4. The Labute approximate surface area is 166 Å². The number of nitrogens with one attached hydrogen (secondary N) is 4. The van der Waals surface area contributed by atoms with Crippen molar-refractivity contribution in [2.75, 3.05) is 0 Å². The van der Waals surface area contributed by atoms with Crippen molar-refractivity contribution in [3.63, 3.8) is 0 Å². The SMILES string of the molecule is CC(C)NC(=NC1CC(c2ccc(F)cc2)NN1)NC(=O)c1ccc(F)c(F)c1. The van der Waals surface area contributed by atoms with E-state index in [9.17, 15) is 18.0 Å². The van der Waals surface area contributed by atoms with Gasteiger partial charge in [0.05, 0.1) is 0 Å². The molecule has 2 aromatic carbocycles. The van der Waals surface area contributed by atoms with Gasteiger partial charge in [0.1, 0.15) is 12.0 Å². The molecule has 4 N–H and O–H groups in total. The molecule has 1 heterocycles. The zero-order chi connectivity index (χ0) is 21.0. The van der Waals surface area contributed by atoms with Crippen molar-refractivity contribution < 1.29 is 18.0 Å². The first-order valence-corrected chi connectivity index (χ1v) is 9.19. The molecule has 0 aliphatic carbocycles. The third-order valence-electron chi connectivity index (χ3n) is 4.28. The fourth-order valence-corrected chi connectivity index (χ4v) is 2.89.